The summed E-state index contributed by atoms with van der Waals surface area (Å²) in [6.45, 7) is 0. The van der Waals surface area contributed by atoms with Crippen molar-refractivity contribution in [1.82, 2.24) is 0 Å². The molecule has 0 amide bonds. The molecular weight excluding hydrogens is 261 g/mol. The van der Waals surface area contributed by atoms with Gasteiger partial charge in [0, 0.05) is 9.79 Å². The molecule has 2 aromatic carbocycles. The van der Waals surface area contributed by atoms with Crippen LogP contribution in [0, 0.1) is 0 Å². The lowest BCUT2D eigenvalue weighted by atomic mass is 10.3. The van der Waals surface area contributed by atoms with E-state index in [9.17, 15) is 13.2 Å². The Balaban J connectivity index is 2.04. The molecule has 18 heavy (non-hydrogen) atoms. The molecule has 0 atom stereocenters. The van der Waals surface area contributed by atoms with Crippen molar-refractivity contribution in [1.29, 1.82) is 0 Å². The van der Waals surface area contributed by atoms with Crippen LogP contribution in [0.1, 0.15) is 0 Å². The summed E-state index contributed by atoms with van der Waals surface area (Å²) in [5.41, 5.74) is 0. The molecule has 0 heterocycles. The molecule has 1 nitrogen and oxygen atoms in total. The molecule has 0 fully saturated rings. The first kappa shape index (κ1) is 12.8. The van der Waals surface area contributed by atoms with Crippen molar-refractivity contribution < 1.29 is 17.9 Å². The summed E-state index contributed by atoms with van der Waals surface area (Å²) in [7, 11) is 0. The van der Waals surface area contributed by atoms with Crippen LogP contribution < -0.4 is 4.74 Å². The third-order valence-electron chi connectivity index (χ3n) is 2.04. The molecule has 0 bridgehead atoms. The molecule has 0 N–H and O–H groups in total. The number of ether oxygens (including phenoxy) is 1. The number of hydrogen-bond donors (Lipinski definition) is 0. The van der Waals surface area contributed by atoms with Crippen molar-refractivity contribution in [3.63, 3.8) is 0 Å². The van der Waals surface area contributed by atoms with Gasteiger partial charge in [0.05, 0.1) is 0 Å². The molecule has 2 aromatic rings. The number of halogens is 3. The summed E-state index contributed by atoms with van der Waals surface area (Å²) in [5, 5.41) is 0. The first-order chi connectivity index (χ1) is 8.53. The fourth-order valence-electron chi connectivity index (χ4n) is 1.33. The average molecular weight is 270 g/mol. The second-order valence-electron chi connectivity index (χ2n) is 3.43. The molecule has 0 radical (unpaired) electrons. The largest absolute Gasteiger partial charge is 0.573 e. The van der Waals surface area contributed by atoms with E-state index in [1.54, 1.807) is 12.1 Å². The summed E-state index contributed by atoms with van der Waals surface area (Å²) in [6, 6.07) is 15.4. The van der Waals surface area contributed by atoms with Crippen LogP contribution in [-0.2, 0) is 0 Å². The highest BCUT2D eigenvalue weighted by molar-refractivity contribution is 7.99. The van der Waals surface area contributed by atoms with E-state index in [-0.39, 0.29) is 5.75 Å². The van der Waals surface area contributed by atoms with E-state index in [2.05, 4.69) is 4.74 Å². The maximum absolute atomic E-state index is 12.0. The summed E-state index contributed by atoms with van der Waals surface area (Å²) >= 11 is 1.48. The van der Waals surface area contributed by atoms with Gasteiger partial charge in [-0.25, -0.2) is 0 Å². The van der Waals surface area contributed by atoms with E-state index < -0.39 is 6.36 Å². The van der Waals surface area contributed by atoms with E-state index in [0.29, 0.717) is 0 Å². The molecule has 0 aliphatic rings. The van der Waals surface area contributed by atoms with E-state index in [0.717, 1.165) is 9.79 Å². The molecular formula is C13H9F3OS. The standard InChI is InChI=1S/C13H9F3OS/c14-13(15,16)17-10-6-8-12(9-7-10)18-11-4-2-1-3-5-11/h1-9H. The number of rotatable bonds is 3. The first-order valence-corrected chi connectivity index (χ1v) is 5.93. The summed E-state index contributed by atoms with van der Waals surface area (Å²) in [4.78, 5) is 1.89. The summed E-state index contributed by atoms with van der Waals surface area (Å²) in [5.74, 6) is -0.208. The Morgan fingerprint density at radius 1 is 0.778 bits per heavy atom. The maximum atomic E-state index is 12.0. The van der Waals surface area contributed by atoms with Crippen LogP contribution in [0.25, 0.3) is 0 Å². The highest BCUT2D eigenvalue weighted by Crippen LogP contribution is 2.30. The third kappa shape index (κ3) is 4.00. The van der Waals surface area contributed by atoms with Crippen molar-refractivity contribution in [3.8, 4) is 5.75 Å². The van der Waals surface area contributed by atoms with Crippen LogP contribution in [0.2, 0.25) is 0 Å². The second kappa shape index (κ2) is 5.35. The summed E-state index contributed by atoms with van der Waals surface area (Å²) < 4.78 is 39.7. The zero-order valence-electron chi connectivity index (χ0n) is 9.15. The van der Waals surface area contributed by atoms with Gasteiger partial charge in [-0.05, 0) is 36.4 Å². The topological polar surface area (TPSA) is 9.23 Å². The molecule has 0 saturated heterocycles. The van der Waals surface area contributed by atoms with Crippen molar-refractivity contribution in [3.05, 3.63) is 54.6 Å². The minimum atomic E-state index is -4.64. The van der Waals surface area contributed by atoms with Crippen LogP contribution in [0.4, 0.5) is 13.2 Å². The Hall–Kier alpha value is -1.62. The molecule has 0 spiro atoms. The maximum Gasteiger partial charge on any atom is 0.573 e. The monoisotopic (exact) mass is 270 g/mol. The van der Waals surface area contributed by atoms with E-state index in [4.69, 9.17) is 0 Å². The van der Waals surface area contributed by atoms with Crippen molar-refractivity contribution in [2.75, 3.05) is 0 Å². The molecule has 0 saturated carbocycles. The molecule has 94 valence electrons. The fraction of sp³-hybridized carbons (Fsp3) is 0.0769. The van der Waals surface area contributed by atoms with Gasteiger partial charge in [-0.3, -0.25) is 0 Å². The van der Waals surface area contributed by atoms with Crippen LogP contribution in [0.15, 0.2) is 64.4 Å². The smallest absolute Gasteiger partial charge is 0.406 e. The molecule has 5 heteroatoms. The molecule has 0 aliphatic heterocycles. The van der Waals surface area contributed by atoms with Crippen LogP contribution >= 0.6 is 11.8 Å². The lowest BCUT2D eigenvalue weighted by Crippen LogP contribution is -2.16. The van der Waals surface area contributed by atoms with Crippen molar-refractivity contribution in [2.24, 2.45) is 0 Å². The highest BCUT2D eigenvalue weighted by atomic mass is 32.2. The molecule has 0 aliphatic carbocycles. The van der Waals surface area contributed by atoms with Gasteiger partial charge in [-0.1, -0.05) is 30.0 Å². The van der Waals surface area contributed by atoms with E-state index in [1.165, 1.54) is 23.9 Å². The predicted molar refractivity (Wildman–Crippen MR) is 63.7 cm³/mol. The Morgan fingerprint density at radius 3 is 1.89 bits per heavy atom. The average Bonchev–Trinajstić information content (AvgIpc) is 2.31. The minimum Gasteiger partial charge on any atom is -0.406 e. The number of alkyl halides is 3. The van der Waals surface area contributed by atoms with Crippen molar-refractivity contribution in [2.45, 2.75) is 16.2 Å². The van der Waals surface area contributed by atoms with Gasteiger partial charge in [0.15, 0.2) is 0 Å². The van der Waals surface area contributed by atoms with Crippen LogP contribution in [-0.4, -0.2) is 6.36 Å². The molecule has 0 unspecified atom stereocenters. The van der Waals surface area contributed by atoms with Gasteiger partial charge < -0.3 is 4.74 Å². The van der Waals surface area contributed by atoms with Gasteiger partial charge in [-0.2, -0.15) is 0 Å². The van der Waals surface area contributed by atoms with Crippen LogP contribution in [0.5, 0.6) is 5.75 Å². The van der Waals surface area contributed by atoms with Gasteiger partial charge >= 0.3 is 6.36 Å². The van der Waals surface area contributed by atoms with E-state index in [1.807, 2.05) is 30.3 Å². The zero-order valence-corrected chi connectivity index (χ0v) is 9.96. The van der Waals surface area contributed by atoms with Crippen molar-refractivity contribution >= 4 is 11.8 Å². The van der Waals surface area contributed by atoms with Gasteiger partial charge in [0.1, 0.15) is 5.75 Å². The van der Waals surface area contributed by atoms with Gasteiger partial charge in [-0.15, -0.1) is 13.2 Å². The highest BCUT2D eigenvalue weighted by Gasteiger charge is 2.30. The fourth-order valence-corrected chi connectivity index (χ4v) is 2.17. The SMILES string of the molecule is FC(F)(F)Oc1ccc(Sc2ccccc2)cc1. The Morgan fingerprint density at radius 2 is 1.33 bits per heavy atom. The predicted octanol–water partition coefficient (Wildman–Crippen LogP) is 4.74. The quantitative estimate of drug-likeness (QED) is 0.797. The number of benzene rings is 2. The molecule has 0 aromatic heterocycles. The summed E-state index contributed by atoms with van der Waals surface area (Å²) in [6.07, 6.45) is -4.64. The van der Waals surface area contributed by atoms with Gasteiger partial charge in [0.25, 0.3) is 0 Å². The Bertz CT molecular complexity index is 494. The Labute approximate surface area is 107 Å². The lowest BCUT2D eigenvalue weighted by molar-refractivity contribution is -0.274. The lowest BCUT2D eigenvalue weighted by Gasteiger charge is -2.09. The van der Waals surface area contributed by atoms with Gasteiger partial charge in [0.2, 0.25) is 0 Å². The second-order valence-corrected chi connectivity index (χ2v) is 4.58. The Kier molecular flexibility index (Phi) is 3.81. The zero-order chi connectivity index (χ0) is 13.0. The first-order valence-electron chi connectivity index (χ1n) is 5.12. The minimum absolute atomic E-state index is 0.208. The number of hydrogen-bond acceptors (Lipinski definition) is 2. The normalized spacial score (nSPS) is 11.3. The van der Waals surface area contributed by atoms with Crippen LogP contribution in [0.3, 0.4) is 0 Å². The molecule has 2 rings (SSSR count). The van der Waals surface area contributed by atoms with E-state index >= 15 is 0 Å². The third-order valence-corrected chi connectivity index (χ3v) is 3.05.